The van der Waals surface area contributed by atoms with Crippen LogP contribution in [0.5, 0.6) is 5.75 Å². The van der Waals surface area contributed by atoms with Gasteiger partial charge in [0, 0.05) is 5.69 Å². The van der Waals surface area contributed by atoms with Crippen molar-refractivity contribution in [3.63, 3.8) is 0 Å². The quantitative estimate of drug-likeness (QED) is 0.617. The van der Waals surface area contributed by atoms with Crippen molar-refractivity contribution >= 4 is 32.5 Å². The molecule has 30 heavy (non-hydrogen) atoms. The van der Waals surface area contributed by atoms with Gasteiger partial charge in [-0.2, -0.15) is 10.1 Å². The largest absolute Gasteiger partial charge is 0.494 e. The Kier molecular flexibility index (Phi) is 5.29. The highest BCUT2D eigenvalue weighted by Gasteiger charge is 2.31. The Bertz CT molecular complexity index is 1250. The molecule has 4 rings (SSSR count). The number of rotatable bonds is 6. The van der Waals surface area contributed by atoms with Gasteiger partial charge in [-0.1, -0.05) is 0 Å². The zero-order valence-corrected chi connectivity index (χ0v) is 17.1. The molecule has 0 radical (unpaired) electrons. The zero-order chi connectivity index (χ0) is 21.3. The van der Waals surface area contributed by atoms with Gasteiger partial charge in [0.05, 0.1) is 42.1 Å². The summed E-state index contributed by atoms with van der Waals surface area (Å²) in [4.78, 5) is 28.6. The van der Waals surface area contributed by atoms with E-state index in [0.717, 1.165) is 0 Å². The van der Waals surface area contributed by atoms with E-state index in [9.17, 15) is 18.0 Å². The smallest absolute Gasteiger partial charge is 0.348 e. The molecule has 10 nitrogen and oxygen atoms in total. The molecule has 158 valence electrons. The standard InChI is InChI=1S/C19H21N5O5S/c1-2-29-15-5-3-13(4-6-15)22-18(25)11-23-16-10-21-24(17(16)9-20-19(23)26)14-7-8-30(27,28)12-14/h3-6,9-10,14H,2,7-8,11-12H2,1H3,(H,22,25)/t14-/m1/s1. The third kappa shape index (κ3) is 4.06. The summed E-state index contributed by atoms with van der Waals surface area (Å²) >= 11 is 0. The lowest BCUT2D eigenvalue weighted by Gasteiger charge is -2.11. The molecule has 1 aliphatic heterocycles. The minimum Gasteiger partial charge on any atom is -0.494 e. The van der Waals surface area contributed by atoms with Crippen molar-refractivity contribution < 1.29 is 17.9 Å². The summed E-state index contributed by atoms with van der Waals surface area (Å²) in [6, 6.07) is 6.60. The van der Waals surface area contributed by atoms with E-state index in [-0.39, 0.29) is 24.1 Å². The second-order valence-corrected chi connectivity index (χ2v) is 9.28. The molecule has 1 saturated heterocycles. The Morgan fingerprint density at radius 2 is 2.00 bits per heavy atom. The van der Waals surface area contributed by atoms with E-state index in [1.165, 1.54) is 17.0 Å². The van der Waals surface area contributed by atoms with E-state index in [0.29, 0.717) is 35.5 Å². The molecule has 0 bridgehead atoms. The van der Waals surface area contributed by atoms with E-state index in [1.54, 1.807) is 28.9 Å². The predicted molar refractivity (Wildman–Crippen MR) is 110 cm³/mol. The lowest BCUT2D eigenvalue weighted by Crippen LogP contribution is -2.29. The highest BCUT2D eigenvalue weighted by atomic mass is 32.2. The number of amides is 1. The number of nitrogens with one attached hydrogen (secondary N) is 1. The van der Waals surface area contributed by atoms with Crippen LogP contribution in [0.2, 0.25) is 0 Å². The third-order valence-corrected chi connectivity index (χ3v) is 6.69. The molecule has 3 aromatic rings. The lowest BCUT2D eigenvalue weighted by atomic mass is 10.2. The molecule has 1 aliphatic rings. The maximum Gasteiger partial charge on any atom is 0.348 e. The molecular formula is C19H21N5O5S. The Morgan fingerprint density at radius 3 is 2.67 bits per heavy atom. The normalized spacial score (nSPS) is 17.8. The number of hydrogen-bond donors (Lipinski definition) is 1. The number of carbonyl (C=O) groups excluding carboxylic acids is 1. The van der Waals surface area contributed by atoms with Crippen molar-refractivity contribution in [2.75, 3.05) is 23.4 Å². The number of ether oxygens (including phenoxy) is 1. The highest BCUT2D eigenvalue weighted by Crippen LogP contribution is 2.26. The first-order chi connectivity index (χ1) is 14.4. The average molecular weight is 431 g/mol. The monoisotopic (exact) mass is 431 g/mol. The number of anilines is 1. The first kappa shape index (κ1) is 20.1. The van der Waals surface area contributed by atoms with Crippen molar-refractivity contribution in [3.8, 4) is 5.75 Å². The van der Waals surface area contributed by atoms with Crippen molar-refractivity contribution in [2.45, 2.75) is 25.9 Å². The van der Waals surface area contributed by atoms with Crippen molar-refractivity contribution in [1.82, 2.24) is 19.3 Å². The van der Waals surface area contributed by atoms with Crippen LogP contribution >= 0.6 is 0 Å². The van der Waals surface area contributed by atoms with E-state index >= 15 is 0 Å². The van der Waals surface area contributed by atoms with E-state index < -0.39 is 21.4 Å². The SMILES string of the molecule is CCOc1ccc(NC(=O)Cn2c(=O)ncc3c2cnn3[C@@H]2CCS(=O)(=O)C2)cc1. The molecule has 1 amide bonds. The summed E-state index contributed by atoms with van der Waals surface area (Å²) in [7, 11) is -3.09. The molecule has 11 heteroatoms. The number of nitrogens with zero attached hydrogens (tertiary/aromatic N) is 4. The van der Waals surface area contributed by atoms with Crippen LogP contribution in [0.15, 0.2) is 41.5 Å². The third-order valence-electron chi connectivity index (χ3n) is 4.94. The Hall–Kier alpha value is -3.21. The molecule has 3 heterocycles. The Morgan fingerprint density at radius 1 is 1.23 bits per heavy atom. The van der Waals surface area contributed by atoms with Gasteiger partial charge in [-0.25, -0.2) is 13.2 Å². The predicted octanol–water partition coefficient (Wildman–Crippen LogP) is 0.990. The molecule has 2 aromatic heterocycles. The Labute approximate surface area is 172 Å². The lowest BCUT2D eigenvalue weighted by molar-refractivity contribution is -0.116. The second-order valence-electron chi connectivity index (χ2n) is 7.05. The molecule has 1 N–H and O–H groups in total. The summed E-state index contributed by atoms with van der Waals surface area (Å²) in [6.45, 7) is 2.19. The summed E-state index contributed by atoms with van der Waals surface area (Å²) in [5, 5.41) is 7.01. The zero-order valence-electron chi connectivity index (χ0n) is 16.3. The fourth-order valence-electron chi connectivity index (χ4n) is 3.54. The van der Waals surface area contributed by atoms with E-state index in [2.05, 4.69) is 15.4 Å². The van der Waals surface area contributed by atoms with Gasteiger partial charge in [0.15, 0.2) is 9.84 Å². The fraction of sp³-hybridized carbons (Fsp3) is 0.368. The number of fused-ring (bicyclic) bond motifs is 1. The van der Waals surface area contributed by atoms with Gasteiger partial charge in [0.1, 0.15) is 17.8 Å². The fourth-order valence-corrected chi connectivity index (χ4v) is 5.23. The second kappa shape index (κ2) is 7.90. The molecule has 1 aromatic carbocycles. The summed E-state index contributed by atoms with van der Waals surface area (Å²) in [6.07, 6.45) is 3.29. The van der Waals surface area contributed by atoms with Crippen molar-refractivity contribution in [1.29, 1.82) is 0 Å². The van der Waals surface area contributed by atoms with Crippen LogP contribution in [0, 0.1) is 0 Å². The van der Waals surface area contributed by atoms with Crippen molar-refractivity contribution in [3.05, 3.63) is 47.1 Å². The maximum absolute atomic E-state index is 12.5. The van der Waals surface area contributed by atoms with Gasteiger partial charge >= 0.3 is 5.69 Å². The van der Waals surface area contributed by atoms with E-state index in [4.69, 9.17) is 4.74 Å². The minimum absolute atomic E-state index is 0.00112. The highest BCUT2D eigenvalue weighted by molar-refractivity contribution is 7.91. The van der Waals surface area contributed by atoms with Gasteiger partial charge in [-0.15, -0.1) is 0 Å². The van der Waals surface area contributed by atoms with Crippen LogP contribution in [-0.2, 0) is 21.2 Å². The number of benzene rings is 1. The maximum atomic E-state index is 12.5. The van der Waals surface area contributed by atoms with Crippen LogP contribution in [0.1, 0.15) is 19.4 Å². The van der Waals surface area contributed by atoms with Crippen LogP contribution in [0.4, 0.5) is 5.69 Å². The van der Waals surface area contributed by atoms with Crippen LogP contribution in [0.3, 0.4) is 0 Å². The molecule has 0 unspecified atom stereocenters. The van der Waals surface area contributed by atoms with Crippen LogP contribution in [0.25, 0.3) is 11.0 Å². The van der Waals surface area contributed by atoms with Crippen LogP contribution < -0.4 is 15.7 Å². The molecule has 1 fully saturated rings. The summed E-state index contributed by atoms with van der Waals surface area (Å²) in [5.74, 6) is 0.409. The minimum atomic E-state index is -3.09. The number of aromatic nitrogens is 4. The average Bonchev–Trinajstić information content (AvgIpc) is 3.28. The van der Waals surface area contributed by atoms with E-state index in [1.807, 2.05) is 6.92 Å². The number of carbonyl (C=O) groups is 1. The molecule has 0 saturated carbocycles. The van der Waals surface area contributed by atoms with Gasteiger partial charge in [0.2, 0.25) is 5.91 Å². The van der Waals surface area contributed by atoms with Gasteiger partial charge in [-0.3, -0.25) is 14.0 Å². The van der Waals surface area contributed by atoms with Gasteiger partial charge in [-0.05, 0) is 37.6 Å². The number of hydrogen-bond acceptors (Lipinski definition) is 7. The van der Waals surface area contributed by atoms with Gasteiger partial charge < -0.3 is 10.1 Å². The first-order valence-corrected chi connectivity index (χ1v) is 11.3. The molecule has 0 aliphatic carbocycles. The molecular weight excluding hydrogens is 410 g/mol. The van der Waals surface area contributed by atoms with Gasteiger partial charge in [0.25, 0.3) is 0 Å². The molecule has 1 atom stereocenters. The van der Waals surface area contributed by atoms with Crippen molar-refractivity contribution in [2.24, 2.45) is 0 Å². The van der Waals surface area contributed by atoms with Crippen LogP contribution in [-0.4, -0.2) is 51.8 Å². The first-order valence-electron chi connectivity index (χ1n) is 9.52. The topological polar surface area (TPSA) is 125 Å². The molecule has 0 spiro atoms. The Balaban J connectivity index is 1.56. The summed E-state index contributed by atoms with van der Waals surface area (Å²) < 4.78 is 31.8. The number of sulfone groups is 1. The summed E-state index contributed by atoms with van der Waals surface area (Å²) in [5.41, 5.74) is 0.943.